The Morgan fingerprint density at radius 2 is 2.00 bits per heavy atom. The average molecular weight is 363 g/mol. The fourth-order valence-electron chi connectivity index (χ4n) is 5.71. The summed E-state index contributed by atoms with van der Waals surface area (Å²) in [6.45, 7) is 4.48. The molecule has 0 radical (unpaired) electrons. The van der Waals surface area contributed by atoms with E-state index in [1.165, 1.54) is 84.2 Å². The number of hydrogen-bond acceptors (Lipinski definition) is 2. The Balaban J connectivity index is 1.94. The van der Waals surface area contributed by atoms with E-state index in [1.807, 2.05) is 0 Å². The molecule has 0 heterocycles. The van der Waals surface area contributed by atoms with Gasteiger partial charge < -0.3 is 4.74 Å². The van der Waals surface area contributed by atoms with Crippen LogP contribution in [0.15, 0.2) is 12.2 Å². The maximum Gasteiger partial charge on any atom is 0.305 e. The molecule has 0 spiro atoms. The SMILES string of the molecule is CC=C[C@H]1CCC[C@@H]1CCC(CCCC(=O)OC)C1(CCCC)CCC1. The Bertz CT molecular complexity index is 435. The first-order valence-electron chi connectivity index (χ1n) is 11.3. The van der Waals surface area contributed by atoms with Gasteiger partial charge in [-0.2, -0.15) is 0 Å². The lowest BCUT2D eigenvalue weighted by molar-refractivity contribution is -0.140. The van der Waals surface area contributed by atoms with E-state index < -0.39 is 0 Å². The van der Waals surface area contributed by atoms with Crippen LogP contribution in [-0.2, 0) is 9.53 Å². The summed E-state index contributed by atoms with van der Waals surface area (Å²) >= 11 is 0. The normalized spacial score (nSPS) is 26.0. The second-order valence-electron chi connectivity index (χ2n) is 8.94. The zero-order valence-corrected chi connectivity index (χ0v) is 17.6. The van der Waals surface area contributed by atoms with Gasteiger partial charge in [0.1, 0.15) is 0 Å². The maximum atomic E-state index is 11.6. The molecule has 26 heavy (non-hydrogen) atoms. The molecular formula is C24H42O2. The highest BCUT2D eigenvalue weighted by molar-refractivity contribution is 5.68. The number of carbonyl (C=O) groups is 1. The highest BCUT2D eigenvalue weighted by Crippen LogP contribution is 2.54. The van der Waals surface area contributed by atoms with Gasteiger partial charge in [-0.25, -0.2) is 0 Å². The van der Waals surface area contributed by atoms with E-state index in [0.717, 1.165) is 24.2 Å². The van der Waals surface area contributed by atoms with Gasteiger partial charge in [-0.15, -0.1) is 0 Å². The summed E-state index contributed by atoms with van der Waals surface area (Å²) in [5.41, 5.74) is 0.598. The van der Waals surface area contributed by atoms with Crippen LogP contribution in [0.3, 0.4) is 0 Å². The first-order valence-corrected chi connectivity index (χ1v) is 11.3. The number of carbonyl (C=O) groups excluding carboxylic acids is 1. The molecule has 2 nitrogen and oxygen atoms in total. The van der Waals surface area contributed by atoms with Gasteiger partial charge in [-0.1, -0.05) is 44.8 Å². The third kappa shape index (κ3) is 5.86. The monoisotopic (exact) mass is 362 g/mol. The van der Waals surface area contributed by atoms with Gasteiger partial charge in [0.2, 0.25) is 0 Å². The van der Waals surface area contributed by atoms with Crippen LogP contribution in [0.2, 0.25) is 0 Å². The molecule has 0 aromatic carbocycles. The van der Waals surface area contributed by atoms with E-state index >= 15 is 0 Å². The van der Waals surface area contributed by atoms with Crippen LogP contribution in [0.4, 0.5) is 0 Å². The topological polar surface area (TPSA) is 26.3 Å². The Morgan fingerprint density at radius 3 is 2.62 bits per heavy atom. The molecule has 3 atom stereocenters. The second kappa shape index (κ2) is 11.1. The molecule has 0 aromatic rings. The van der Waals surface area contributed by atoms with Crippen LogP contribution in [-0.4, -0.2) is 13.1 Å². The smallest absolute Gasteiger partial charge is 0.305 e. The van der Waals surface area contributed by atoms with E-state index in [9.17, 15) is 4.79 Å². The van der Waals surface area contributed by atoms with Crippen molar-refractivity contribution in [1.29, 1.82) is 0 Å². The van der Waals surface area contributed by atoms with Crippen LogP contribution in [0.5, 0.6) is 0 Å². The molecule has 0 bridgehead atoms. The van der Waals surface area contributed by atoms with Crippen molar-refractivity contribution in [3.8, 4) is 0 Å². The molecule has 0 saturated heterocycles. The largest absolute Gasteiger partial charge is 0.469 e. The molecule has 2 heteroatoms. The molecular weight excluding hydrogens is 320 g/mol. The van der Waals surface area contributed by atoms with Crippen LogP contribution < -0.4 is 0 Å². The first kappa shape index (κ1) is 21.5. The summed E-state index contributed by atoms with van der Waals surface area (Å²) in [4.78, 5) is 11.6. The number of esters is 1. The minimum atomic E-state index is -0.0380. The summed E-state index contributed by atoms with van der Waals surface area (Å²) in [6.07, 6.45) is 22.9. The molecule has 2 fully saturated rings. The van der Waals surface area contributed by atoms with Crippen molar-refractivity contribution in [2.24, 2.45) is 23.2 Å². The third-order valence-corrected chi connectivity index (χ3v) is 7.45. The lowest BCUT2D eigenvalue weighted by Crippen LogP contribution is -2.38. The van der Waals surface area contributed by atoms with E-state index in [2.05, 4.69) is 26.0 Å². The lowest BCUT2D eigenvalue weighted by atomic mass is 9.56. The summed E-state index contributed by atoms with van der Waals surface area (Å²) < 4.78 is 4.86. The van der Waals surface area contributed by atoms with Gasteiger partial charge in [-0.3, -0.25) is 4.79 Å². The predicted molar refractivity (Wildman–Crippen MR) is 110 cm³/mol. The fraction of sp³-hybridized carbons (Fsp3) is 0.875. The lowest BCUT2D eigenvalue weighted by Gasteiger charge is -2.49. The molecule has 2 rings (SSSR count). The molecule has 1 unspecified atom stereocenters. The summed E-state index contributed by atoms with van der Waals surface area (Å²) in [5, 5.41) is 0. The molecule has 0 N–H and O–H groups in total. The number of methoxy groups -OCH3 is 1. The van der Waals surface area contributed by atoms with Crippen molar-refractivity contribution in [3.05, 3.63) is 12.2 Å². The van der Waals surface area contributed by atoms with Gasteiger partial charge >= 0.3 is 5.97 Å². The van der Waals surface area contributed by atoms with E-state index in [0.29, 0.717) is 11.8 Å². The fourth-order valence-corrected chi connectivity index (χ4v) is 5.71. The van der Waals surface area contributed by atoms with E-state index in [4.69, 9.17) is 4.74 Å². The number of ether oxygens (including phenoxy) is 1. The molecule has 2 aliphatic rings. The summed E-state index contributed by atoms with van der Waals surface area (Å²) in [5.74, 6) is 2.50. The maximum absolute atomic E-state index is 11.6. The molecule has 0 aliphatic heterocycles. The van der Waals surface area contributed by atoms with Crippen LogP contribution >= 0.6 is 0 Å². The van der Waals surface area contributed by atoms with Gasteiger partial charge in [-0.05, 0) is 87.9 Å². The van der Waals surface area contributed by atoms with Crippen LogP contribution in [0, 0.1) is 23.2 Å². The summed E-state index contributed by atoms with van der Waals surface area (Å²) in [6, 6.07) is 0. The molecule has 2 aliphatic carbocycles. The number of hydrogen-bond donors (Lipinski definition) is 0. The first-order chi connectivity index (χ1) is 12.6. The third-order valence-electron chi connectivity index (χ3n) is 7.45. The van der Waals surface area contributed by atoms with Crippen LogP contribution in [0.1, 0.15) is 104 Å². The van der Waals surface area contributed by atoms with Crippen molar-refractivity contribution in [2.45, 2.75) is 104 Å². The van der Waals surface area contributed by atoms with Crippen molar-refractivity contribution >= 4 is 5.97 Å². The number of allylic oxidation sites excluding steroid dienone is 2. The van der Waals surface area contributed by atoms with Gasteiger partial charge in [0, 0.05) is 6.42 Å². The number of rotatable bonds is 12. The zero-order valence-electron chi connectivity index (χ0n) is 17.6. The van der Waals surface area contributed by atoms with Crippen molar-refractivity contribution in [2.75, 3.05) is 7.11 Å². The zero-order chi connectivity index (χ0) is 18.8. The number of unbranched alkanes of at least 4 members (excludes halogenated alkanes) is 1. The van der Waals surface area contributed by atoms with E-state index in [-0.39, 0.29) is 5.97 Å². The van der Waals surface area contributed by atoms with Gasteiger partial charge in [0.05, 0.1) is 7.11 Å². The van der Waals surface area contributed by atoms with Gasteiger partial charge in [0.25, 0.3) is 0 Å². The minimum Gasteiger partial charge on any atom is -0.469 e. The van der Waals surface area contributed by atoms with Crippen LogP contribution in [0.25, 0.3) is 0 Å². The highest BCUT2D eigenvalue weighted by atomic mass is 16.5. The predicted octanol–water partition coefficient (Wildman–Crippen LogP) is 7.08. The molecule has 2 saturated carbocycles. The summed E-state index contributed by atoms with van der Waals surface area (Å²) in [7, 11) is 1.51. The average Bonchev–Trinajstić information content (AvgIpc) is 3.05. The van der Waals surface area contributed by atoms with Crippen molar-refractivity contribution in [1.82, 2.24) is 0 Å². The highest BCUT2D eigenvalue weighted by Gasteiger charge is 2.43. The Labute approximate surface area is 162 Å². The molecule has 0 amide bonds. The van der Waals surface area contributed by atoms with Crippen molar-refractivity contribution < 1.29 is 9.53 Å². The quantitative estimate of drug-likeness (QED) is 0.274. The Morgan fingerprint density at radius 1 is 1.19 bits per heavy atom. The molecule has 150 valence electrons. The molecule has 0 aromatic heterocycles. The second-order valence-corrected chi connectivity index (χ2v) is 8.94. The Kier molecular flexibility index (Phi) is 9.22. The van der Waals surface area contributed by atoms with Crippen molar-refractivity contribution in [3.63, 3.8) is 0 Å². The van der Waals surface area contributed by atoms with E-state index in [1.54, 1.807) is 0 Å². The standard InChI is InChI=1S/C24H42O2/c1-4-6-17-24(18-9-19-24)22(13-8-14-23(25)26-3)16-15-21-12-7-11-20(21)10-5-2/h5,10,20-22H,4,6-9,11-19H2,1-3H3/t20-,21+,22?/m0/s1. The van der Waals surface area contributed by atoms with Gasteiger partial charge in [0.15, 0.2) is 0 Å². The Hall–Kier alpha value is -0.790. The minimum absolute atomic E-state index is 0.0380.